The summed E-state index contributed by atoms with van der Waals surface area (Å²) in [5.74, 6) is -0.301. The van der Waals surface area contributed by atoms with Crippen molar-refractivity contribution in [1.82, 2.24) is 24.5 Å². The van der Waals surface area contributed by atoms with Crippen LogP contribution in [0.25, 0.3) is 11.5 Å². The van der Waals surface area contributed by atoms with Gasteiger partial charge in [-0.05, 0) is 6.07 Å². The maximum Gasteiger partial charge on any atom is 0.313 e. The molecule has 0 atom stereocenters. The summed E-state index contributed by atoms with van der Waals surface area (Å²) in [6, 6.07) is 1.83. The Labute approximate surface area is 119 Å². The van der Waals surface area contributed by atoms with Crippen LogP contribution in [0.5, 0.6) is 0 Å². The predicted molar refractivity (Wildman–Crippen MR) is 72.5 cm³/mol. The lowest BCUT2D eigenvalue weighted by Crippen LogP contribution is -2.10. The maximum absolute atomic E-state index is 10.7. The summed E-state index contributed by atoms with van der Waals surface area (Å²) in [5, 5.41) is 21.6. The molecule has 2 heterocycles. The number of aromatic nitrogens is 5. The number of carboxylic acids is 1. The number of carboxylic acid groups (broad SMARTS) is 1. The second kappa shape index (κ2) is 6.53. The molecule has 108 valence electrons. The molecule has 2 rings (SSSR count). The predicted octanol–water partition coefficient (Wildman–Crippen LogP) is 0.502. The normalized spacial score (nSPS) is 10.9. The van der Waals surface area contributed by atoms with E-state index in [1.807, 2.05) is 17.7 Å². The van der Waals surface area contributed by atoms with Crippen molar-refractivity contribution in [2.45, 2.75) is 11.7 Å². The van der Waals surface area contributed by atoms with Gasteiger partial charge >= 0.3 is 5.97 Å². The van der Waals surface area contributed by atoms with Gasteiger partial charge in [0.15, 0.2) is 11.0 Å². The molecule has 2 aromatic rings. The Kier molecular flexibility index (Phi) is 4.74. The SMILES string of the molecule is COCCn1c(SCC(=O)O)nnc1-c1ccnn1C. The molecule has 0 aromatic carbocycles. The summed E-state index contributed by atoms with van der Waals surface area (Å²) in [5.41, 5.74) is 0.816. The van der Waals surface area contributed by atoms with E-state index >= 15 is 0 Å². The minimum atomic E-state index is -0.890. The van der Waals surface area contributed by atoms with Crippen LogP contribution < -0.4 is 0 Å². The smallest absolute Gasteiger partial charge is 0.313 e. The lowest BCUT2D eigenvalue weighted by molar-refractivity contribution is -0.133. The molecule has 0 unspecified atom stereocenters. The van der Waals surface area contributed by atoms with Crippen LogP contribution in [0.3, 0.4) is 0 Å². The monoisotopic (exact) mass is 297 g/mol. The second-order valence-corrected chi connectivity index (χ2v) is 4.92. The lowest BCUT2D eigenvalue weighted by Gasteiger charge is -2.09. The summed E-state index contributed by atoms with van der Waals surface area (Å²) < 4.78 is 8.61. The average Bonchev–Trinajstić information content (AvgIpc) is 2.99. The van der Waals surface area contributed by atoms with Gasteiger partial charge in [-0.15, -0.1) is 10.2 Å². The van der Waals surface area contributed by atoms with Crippen molar-refractivity contribution in [1.29, 1.82) is 0 Å². The zero-order chi connectivity index (χ0) is 14.5. The lowest BCUT2D eigenvalue weighted by atomic mass is 10.4. The number of nitrogens with zero attached hydrogens (tertiary/aromatic N) is 5. The van der Waals surface area contributed by atoms with Gasteiger partial charge in [-0.1, -0.05) is 11.8 Å². The first-order valence-electron chi connectivity index (χ1n) is 5.88. The highest BCUT2D eigenvalue weighted by molar-refractivity contribution is 7.99. The van der Waals surface area contributed by atoms with E-state index < -0.39 is 5.97 Å². The number of hydrogen-bond acceptors (Lipinski definition) is 6. The molecule has 0 bridgehead atoms. The van der Waals surface area contributed by atoms with Crippen molar-refractivity contribution in [2.24, 2.45) is 7.05 Å². The van der Waals surface area contributed by atoms with Crippen molar-refractivity contribution < 1.29 is 14.6 Å². The van der Waals surface area contributed by atoms with E-state index in [2.05, 4.69) is 15.3 Å². The molecule has 0 aliphatic heterocycles. The number of aliphatic carboxylic acids is 1. The van der Waals surface area contributed by atoms with Gasteiger partial charge in [-0.3, -0.25) is 14.0 Å². The first-order valence-corrected chi connectivity index (χ1v) is 6.87. The Bertz CT molecular complexity index is 595. The fraction of sp³-hybridized carbons (Fsp3) is 0.455. The molecule has 1 N–H and O–H groups in total. The van der Waals surface area contributed by atoms with Crippen LogP contribution in [0.1, 0.15) is 0 Å². The number of hydrogen-bond donors (Lipinski definition) is 1. The zero-order valence-corrected chi connectivity index (χ0v) is 12.0. The fourth-order valence-corrected chi connectivity index (χ4v) is 2.37. The van der Waals surface area contributed by atoms with Crippen LogP contribution in [0.4, 0.5) is 0 Å². The molecule has 0 fully saturated rings. The van der Waals surface area contributed by atoms with Gasteiger partial charge in [0.25, 0.3) is 0 Å². The number of rotatable bonds is 7. The molecule has 0 spiro atoms. The summed E-state index contributed by atoms with van der Waals surface area (Å²) in [6.07, 6.45) is 1.68. The van der Waals surface area contributed by atoms with Gasteiger partial charge < -0.3 is 9.84 Å². The number of methoxy groups -OCH3 is 1. The third-order valence-corrected chi connectivity index (χ3v) is 3.56. The van der Waals surface area contributed by atoms with E-state index in [0.717, 1.165) is 17.5 Å². The minimum Gasteiger partial charge on any atom is -0.481 e. The van der Waals surface area contributed by atoms with Gasteiger partial charge in [-0.2, -0.15) is 5.10 Å². The summed E-state index contributed by atoms with van der Waals surface area (Å²) in [7, 11) is 3.42. The van der Waals surface area contributed by atoms with Crippen molar-refractivity contribution in [2.75, 3.05) is 19.5 Å². The van der Waals surface area contributed by atoms with Gasteiger partial charge in [-0.25, -0.2) is 0 Å². The molecular formula is C11H15N5O3S. The van der Waals surface area contributed by atoms with E-state index in [1.165, 1.54) is 0 Å². The number of carbonyl (C=O) groups is 1. The van der Waals surface area contributed by atoms with Crippen LogP contribution in [0.15, 0.2) is 17.4 Å². The Hall–Kier alpha value is -1.87. The maximum atomic E-state index is 10.7. The Morgan fingerprint density at radius 1 is 1.50 bits per heavy atom. The first kappa shape index (κ1) is 14.5. The third-order valence-electron chi connectivity index (χ3n) is 2.61. The average molecular weight is 297 g/mol. The van der Waals surface area contributed by atoms with Crippen LogP contribution in [-0.4, -0.2) is 55.1 Å². The van der Waals surface area contributed by atoms with Crippen LogP contribution >= 0.6 is 11.8 Å². The molecule has 0 saturated heterocycles. The molecule has 20 heavy (non-hydrogen) atoms. The van der Waals surface area contributed by atoms with Crippen LogP contribution in [0, 0.1) is 0 Å². The Morgan fingerprint density at radius 3 is 2.90 bits per heavy atom. The molecular weight excluding hydrogens is 282 g/mol. The first-order chi connectivity index (χ1) is 9.63. The van der Waals surface area contributed by atoms with Gasteiger partial charge in [0.1, 0.15) is 5.69 Å². The van der Waals surface area contributed by atoms with Gasteiger partial charge in [0.05, 0.1) is 18.9 Å². The van der Waals surface area contributed by atoms with Crippen LogP contribution in [-0.2, 0) is 23.1 Å². The zero-order valence-electron chi connectivity index (χ0n) is 11.2. The van der Waals surface area contributed by atoms with Crippen molar-refractivity contribution in [3.8, 4) is 11.5 Å². The molecule has 0 aliphatic carbocycles. The molecule has 9 heteroatoms. The summed E-state index contributed by atoms with van der Waals surface area (Å²) in [6.45, 7) is 1.04. The van der Waals surface area contributed by atoms with E-state index in [1.54, 1.807) is 18.0 Å². The quantitative estimate of drug-likeness (QED) is 0.743. The van der Waals surface area contributed by atoms with E-state index in [0.29, 0.717) is 24.1 Å². The van der Waals surface area contributed by atoms with Crippen molar-refractivity contribution >= 4 is 17.7 Å². The number of aryl methyl sites for hydroxylation is 1. The van der Waals surface area contributed by atoms with Gasteiger partial charge in [0.2, 0.25) is 0 Å². The van der Waals surface area contributed by atoms with E-state index in [4.69, 9.17) is 9.84 Å². The molecule has 2 aromatic heterocycles. The van der Waals surface area contributed by atoms with Crippen LogP contribution in [0.2, 0.25) is 0 Å². The second-order valence-electron chi connectivity index (χ2n) is 3.97. The van der Waals surface area contributed by atoms with Gasteiger partial charge in [0, 0.05) is 20.4 Å². The standard InChI is InChI=1S/C11H15N5O3S/c1-15-8(3-4-12-15)10-13-14-11(20-7-9(17)18)16(10)5-6-19-2/h3-4H,5-7H2,1-2H3,(H,17,18). The Balaban J connectivity index is 2.31. The Morgan fingerprint density at radius 2 is 2.30 bits per heavy atom. The van der Waals surface area contributed by atoms with E-state index in [9.17, 15) is 4.79 Å². The highest BCUT2D eigenvalue weighted by atomic mass is 32.2. The number of thioether (sulfide) groups is 1. The topological polar surface area (TPSA) is 95.1 Å². The highest BCUT2D eigenvalue weighted by Gasteiger charge is 2.17. The summed E-state index contributed by atoms with van der Waals surface area (Å²) >= 11 is 1.13. The minimum absolute atomic E-state index is 0.0590. The summed E-state index contributed by atoms with van der Waals surface area (Å²) in [4.78, 5) is 10.7. The van der Waals surface area contributed by atoms with Crippen molar-refractivity contribution in [3.63, 3.8) is 0 Å². The van der Waals surface area contributed by atoms with E-state index in [-0.39, 0.29) is 5.75 Å². The molecule has 0 radical (unpaired) electrons. The molecule has 0 aliphatic rings. The highest BCUT2D eigenvalue weighted by Crippen LogP contribution is 2.23. The number of ether oxygens (including phenoxy) is 1. The fourth-order valence-electron chi connectivity index (χ4n) is 1.69. The molecule has 0 amide bonds. The largest absolute Gasteiger partial charge is 0.481 e. The molecule has 8 nitrogen and oxygen atoms in total. The van der Waals surface area contributed by atoms with Crippen molar-refractivity contribution in [3.05, 3.63) is 12.3 Å². The third kappa shape index (κ3) is 3.17. The molecule has 0 saturated carbocycles.